The lowest BCUT2D eigenvalue weighted by atomic mass is 10.3. The Kier molecular flexibility index (Phi) is 6.68. The van der Waals surface area contributed by atoms with Gasteiger partial charge >= 0.3 is 0 Å². The fourth-order valence-corrected chi connectivity index (χ4v) is 3.09. The molecule has 0 aromatic heterocycles. The molecule has 0 spiro atoms. The van der Waals surface area contributed by atoms with Gasteiger partial charge in [-0.1, -0.05) is 0 Å². The average Bonchev–Trinajstić information content (AvgIpc) is 2.56. The lowest BCUT2D eigenvalue weighted by Gasteiger charge is -2.06. The van der Waals surface area contributed by atoms with Crippen molar-refractivity contribution in [1.82, 2.24) is 0 Å². The molecule has 5 heteroatoms. The van der Waals surface area contributed by atoms with Crippen molar-refractivity contribution in [3.63, 3.8) is 0 Å². The predicted molar refractivity (Wildman–Crippen MR) is 95.2 cm³/mol. The largest absolute Gasteiger partial charge is 0.497 e. The second kappa shape index (κ2) is 8.76. The zero-order chi connectivity index (χ0) is 15.8. The maximum absolute atomic E-state index is 11.9. The van der Waals surface area contributed by atoms with Gasteiger partial charge in [-0.15, -0.1) is 23.5 Å². The molecule has 116 valence electrons. The molecule has 2 aromatic carbocycles. The van der Waals surface area contributed by atoms with Crippen LogP contribution in [0.4, 0.5) is 5.69 Å². The van der Waals surface area contributed by atoms with E-state index < -0.39 is 0 Å². The molecule has 1 amide bonds. The van der Waals surface area contributed by atoms with Crippen LogP contribution in [0.3, 0.4) is 0 Å². The van der Waals surface area contributed by atoms with Crippen LogP contribution in [0.5, 0.6) is 5.75 Å². The standard InChI is InChI=1S/C17H19NO2S2/c1-20-14-5-9-16(10-6-14)22-12-11-17(19)18-13-3-7-15(21-2)8-4-13/h3-10H,11-12H2,1-2H3,(H,18,19). The van der Waals surface area contributed by atoms with Crippen molar-refractivity contribution in [3.8, 4) is 5.75 Å². The van der Waals surface area contributed by atoms with Gasteiger partial charge in [-0.25, -0.2) is 0 Å². The van der Waals surface area contributed by atoms with Gasteiger partial charge in [0.25, 0.3) is 0 Å². The minimum Gasteiger partial charge on any atom is -0.497 e. The smallest absolute Gasteiger partial charge is 0.225 e. The monoisotopic (exact) mass is 333 g/mol. The quantitative estimate of drug-likeness (QED) is 0.755. The van der Waals surface area contributed by atoms with Crippen LogP contribution in [0.2, 0.25) is 0 Å². The Balaban J connectivity index is 1.74. The SMILES string of the molecule is COc1ccc(SCCC(=O)Nc2ccc(SC)cc2)cc1. The number of rotatable bonds is 7. The number of thioether (sulfide) groups is 2. The Hall–Kier alpha value is -1.59. The van der Waals surface area contributed by atoms with E-state index in [0.717, 1.165) is 22.1 Å². The molecule has 0 atom stereocenters. The van der Waals surface area contributed by atoms with E-state index in [1.54, 1.807) is 30.6 Å². The molecule has 0 radical (unpaired) electrons. The van der Waals surface area contributed by atoms with Crippen LogP contribution >= 0.6 is 23.5 Å². The first-order valence-corrected chi connectivity index (χ1v) is 9.13. The van der Waals surface area contributed by atoms with Crippen molar-refractivity contribution >= 4 is 35.1 Å². The number of carbonyl (C=O) groups is 1. The number of ether oxygens (including phenoxy) is 1. The van der Waals surface area contributed by atoms with E-state index in [9.17, 15) is 4.79 Å². The van der Waals surface area contributed by atoms with Gasteiger partial charge in [0.15, 0.2) is 0 Å². The zero-order valence-corrected chi connectivity index (χ0v) is 14.3. The highest BCUT2D eigenvalue weighted by Gasteiger charge is 2.03. The van der Waals surface area contributed by atoms with Crippen LogP contribution < -0.4 is 10.1 Å². The summed E-state index contributed by atoms with van der Waals surface area (Å²) in [5, 5.41) is 2.92. The molecule has 0 fully saturated rings. The molecule has 0 saturated carbocycles. The topological polar surface area (TPSA) is 38.3 Å². The Bertz CT molecular complexity index is 597. The zero-order valence-electron chi connectivity index (χ0n) is 12.7. The van der Waals surface area contributed by atoms with E-state index in [1.807, 2.05) is 54.8 Å². The fraction of sp³-hybridized carbons (Fsp3) is 0.235. The lowest BCUT2D eigenvalue weighted by Crippen LogP contribution is -2.11. The highest BCUT2D eigenvalue weighted by molar-refractivity contribution is 7.99. The molecular formula is C17H19NO2S2. The molecular weight excluding hydrogens is 314 g/mol. The van der Waals surface area contributed by atoms with Crippen LogP contribution in [0.15, 0.2) is 58.3 Å². The van der Waals surface area contributed by atoms with Gasteiger partial charge in [0, 0.05) is 27.7 Å². The molecule has 0 aliphatic rings. The van der Waals surface area contributed by atoms with Gasteiger partial charge in [-0.2, -0.15) is 0 Å². The van der Waals surface area contributed by atoms with E-state index in [0.29, 0.717) is 6.42 Å². The third-order valence-corrected chi connectivity index (χ3v) is 4.79. The van der Waals surface area contributed by atoms with E-state index in [1.165, 1.54) is 4.90 Å². The maximum Gasteiger partial charge on any atom is 0.225 e. The van der Waals surface area contributed by atoms with Gasteiger partial charge in [-0.05, 0) is 54.8 Å². The lowest BCUT2D eigenvalue weighted by molar-refractivity contribution is -0.115. The van der Waals surface area contributed by atoms with Gasteiger partial charge in [0.2, 0.25) is 5.91 Å². The van der Waals surface area contributed by atoms with Crippen molar-refractivity contribution in [2.45, 2.75) is 16.2 Å². The van der Waals surface area contributed by atoms with Crippen molar-refractivity contribution in [1.29, 1.82) is 0 Å². The fourth-order valence-electron chi connectivity index (χ4n) is 1.83. The van der Waals surface area contributed by atoms with Gasteiger partial charge in [-0.3, -0.25) is 4.79 Å². The van der Waals surface area contributed by atoms with Crippen LogP contribution in [0.1, 0.15) is 6.42 Å². The van der Waals surface area contributed by atoms with Crippen molar-refractivity contribution < 1.29 is 9.53 Å². The van der Waals surface area contributed by atoms with E-state index in [4.69, 9.17) is 4.74 Å². The van der Waals surface area contributed by atoms with Crippen molar-refractivity contribution in [2.75, 3.05) is 24.4 Å². The maximum atomic E-state index is 11.9. The Labute approximate surface area is 139 Å². The molecule has 2 aromatic rings. The second-order valence-corrected chi connectivity index (χ2v) is 6.60. The van der Waals surface area contributed by atoms with E-state index >= 15 is 0 Å². The summed E-state index contributed by atoms with van der Waals surface area (Å²) in [6.45, 7) is 0. The van der Waals surface area contributed by atoms with Gasteiger partial charge < -0.3 is 10.1 Å². The van der Waals surface area contributed by atoms with Crippen LogP contribution in [0, 0.1) is 0 Å². The number of nitrogens with one attached hydrogen (secondary N) is 1. The first kappa shape index (κ1) is 16.8. The molecule has 0 aliphatic carbocycles. The molecule has 22 heavy (non-hydrogen) atoms. The number of anilines is 1. The van der Waals surface area contributed by atoms with Crippen LogP contribution in [-0.2, 0) is 4.79 Å². The highest BCUT2D eigenvalue weighted by Crippen LogP contribution is 2.22. The van der Waals surface area contributed by atoms with Gasteiger partial charge in [0.05, 0.1) is 7.11 Å². The first-order valence-electron chi connectivity index (χ1n) is 6.92. The minimum absolute atomic E-state index is 0.0397. The summed E-state index contributed by atoms with van der Waals surface area (Å²) in [6.07, 6.45) is 2.52. The van der Waals surface area contributed by atoms with Crippen LogP contribution in [0.25, 0.3) is 0 Å². The average molecular weight is 333 g/mol. The molecule has 0 heterocycles. The number of carbonyl (C=O) groups excluding carboxylic acids is 1. The second-order valence-electron chi connectivity index (χ2n) is 4.55. The normalized spacial score (nSPS) is 10.3. The van der Waals surface area contributed by atoms with E-state index in [2.05, 4.69) is 5.32 Å². The summed E-state index contributed by atoms with van der Waals surface area (Å²) in [6, 6.07) is 15.7. The van der Waals surface area contributed by atoms with E-state index in [-0.39, 0.29) is 5.91 Å². The Morgan fingerprint density at radius 1 is 1.05 bits per heavy atom. The molecule has 3 nitrogen and oxygen atoms in total. The third-order valence-electron chi connectivity index (χ3n) is 3.03. The Morgan fingerprint density at radius 3 is 2.27 bits per heavy atom. The number of amides is 1. The summed E-state index contributed by atoms with van der Waals surface area (Å²) >= 11 is 3.35. The molecule has 0 unspecified atom stereocenters. The number of hydrogen-bond acceptors (Lipinski definition) is 4. The summed E-state index contributed by atoms with van der Waals surface area (Å²) in [5.41, 5.74) is 0.845. The highest BCUT2D eigenvalue weighted by atomic mass is 32.2. The predicted octanol–water partition coefficient (Wildman–Crippen LogP) is 4.54. The van der Waals surface area contributed by atoms with Crippen molar-refractivity contribution in [2.24, 2.45) is 0 Å². The molecule has 1 N–H and O–H groups in total. The number of benzene rings is 2. The molecule has 0 bridgehead atoms. The molecule has 0 saturated heterocycles. The minimum atomic E-state index is 0.0397. The summed E-state index contributed by atoms with van der Waals surface area (Å²) in [7, 11) is 1.65. The summed E-state index contributed by atoms with van der Waals surface area (Å²) in [4.78, 5) is 14.2. The third kappa shape index (κ3) is 5.31. The molecule has 2 rings (SSSR count). The Morgan fingerprint density at radius 2 is 1.68 bits per heavy atom. The number of methoxy groups -OCH3 is 1. The summed E-state index contributed by atoms with van der Waals surface area (Å²) in [5.74, 6) is 1.63. The first-order chi connectivity index (χ1) is 10.7. The molecule has 0 aliphatic heterocycles. The van der Waals surface area contributed by atoms with Crippen LogP contribution in [-0.4, -0.2) is 25.0 Å². The number of hydrogen-bond donors (Lipinski definition) is 1. The van der Waals surface area contributed by atoms with Crippen molar-refractivity contribution in [3.05, 3.63) is 48.5 Å². The van der Waals surface area contributed by atoms with Gasteiger partial charge in [0.1, 0.15) is 5.75 Å². The summed E-state index contributed by atoms with van der Waals surface area (Å²) < 4.78 is 5.12.